The number of morpholine rings is 1. The zero-order valence-corrected chi connectivity index (χ0v) is 14.5. The topological polar surface area (TPSA) is 58.1 Å². The fourth-order valence-corrected chi connectivity index (χ4v) is 2.57. The highest BCUT2D eigenvalue weighted by molar-refractivity contribution is 5.79. The van der Waals surface area contributed by atoms with Gasteiger partial charge >= 0.3 is 0 Å². The summed E-state index contributed by atoms with van der Waals surface area (Å²) in [6.45, 7) is 6.07. The molecule has 0 amide bonds. The van der Waals surface area contributed by atoms with E-state index in [4.69, 9.17) is 9.47 Å². The van der Waals surface area contributed by atoms with Gasteiger partial charge in [-0.3, -0.25) is 9.89 Å². The number of hydrogen-bond donors (Lipinski definition) is 2. The number of guanidine groups is 1. The number of aliphatic imine (C=N–C) groups is 1. The Bertz CT molecular complexity index is 533. The molecule has 6 nitrogen and oxygen atoms in total. The lowest BCUT2D eigenvalue weighted by atomic mass is 10.1. The second kappa shape index (κ2) is 10.1. The van der Waals surface area contributed by atoms with Gasteiger partial charge in [-0.05, 0) is 24.1 Å². The molecule has 2 N–H and O–H groups in total. The maximum absolute atomic E-state index is 13.7. The Morgan fingerprint density at radius 1 is 1.29 bits per heavy atom. The van der Waals surface area contributed by atoms with E-state index in [1.54, 1.807) is 13.1 Å². The van der Waals surface area contributed by atoms with Crippen LogP contribution in [0.3, 0.4) is 0 Å². The first-order valence-corrected chi connectivity index (χ1v) is 8.30. The molecule has 0 saturated carbocycles. The quantitative estimate of drug-likeness (QED) is 0.571. The van der Waals surface area contributed by atoms with Crippen molar-refractivity contribution in [2.24, 2.45) is 4.99 Å². The van der Waals surface area contributed by atoms with Gasteiger partial charge in [0.1, 0.15) is 0 Å². The Hall–Kier alpha value is -1.86. The SMILES string of the molecule is CN=C(NCCc1ccc(OC)c(F)c1)NCCN1CCOCC1. The molecule has 24 heavy (non-hydrogen) atoms. The van der Waals surface area contributed by atoms with Crippen molar-refractivity contribution in [2.45, 2.75) is 6.42 Å². The molecule has 1 saturated heterocycles. The van der Waals surface area contributed by atoms with Crippen LogP contribution in [0.5, 0.6) is 5.75 Å². The second-order valence-corrected chi connectivity index (χ2v) is 5.60. The summed E-state index contributed by atoms with van der Waals surface area (Å²) < 4.78 is 23.9. The molecule has 134 valence electrons. The van der Waals surface area contributed by atoms with Crippen LogP contribution >= 0.6 is 0 Å². The molecule has 1 aliphatic rings. The Balaban J connectivity index is 1.66. The summed E-state index contributed by atoms with van der Waals surface area (Å²) in [6, 6.07) is 5.04. The normalized spacial score (nSPS) is 16.0. The first-order valence-electron chi connectivity index (χ1n) is 8.30. The number of halogens is 1. The lowest BCUT2D eigenvalue weighted by Crippen LogP contribution is -2.44. The van der Waals surface area contributed by atoms with E-state index in [2.05, 4.69) is 20.5 Å². The van der Waals surface area contributed by atoms with Crippen LogP contribution in [0.15, 0.2) is 23.2 Å². The predicted molar refractivity (Wildman–Crippen MR) is 93.3 cm³/mol. The maximum Gasteiger partial charge on any atom is 0.191 e. The van der Waals surface area contributed by atoms with Crippen LogP contribution in [0.1, 0.15) is 5.56 Å². The van der Waals surface area contributed by atoms with Crippen molar-refractivity contribution in [2.75, 3.05) is 60.1 Å². The third kappa shape index (κ3) is 5.98. The van der Waals surface area contributed by atoms with Crippen molar-refractivity contribution in [1.82, 2.24) is 15.5 Å². The summed E-state index contributed by atoms with van der Waals surface area (Å²) in [5.41, 5.74) is 0.921. The maximum atomic E-state index is 13.7. The summed E-state index contributed by atoms with van der Waals surface area (Å²) in [7, 11) is 3.21. The Kier molecular flexibility index (Phi) is 7.77. The van der Waals surface area contributed by atoms with Gasteiger partial charge in [0.25, 0.3) is 0 Å². The Morgan fingerprint density at radius 2 is 2.04 bits per heavy atom. The van der Waals surface area contributed by atoms with Crippen LogP contribution in [0.25, 0.3) is 0 Å². The van der Waals surface area contributed by atoms with E-state index >= 15 is 0 Å². The average molecular weight is 338 g/mol. The zero-order valence-electron chi connectivity index (χ0n) is 14.5. The summed E-state index contributed by atoms with van der Waals surface area (Å²) in [5, 5.41) is 6.54. The standard InChI is InChI=1S/C17H27FN4O2/c1-19-17(21-7-8-22-9-11-24-12-10-22)20-6-5-14-3-4-16(23-2)15(18)13-14/h3-4,13H,5-12H2,1-2H3,(H2,19,20,21). The third-order valence-corrected chi connectivity index (χ3v) is 3.97. The van der Waals surface area contributed by atoms with Gasteiger partial charge < -0.3 is 20.1 Å². The van der Waals surface area contributed by atoms with E-state index in [0.29, 0.717) is 13.0 Å². The minimum absolute atomic E-state index is 0.271. The molecule has 0 bridgehead atoms. The molecule has 1 heterocycles. The molecule has 0 spiro atoms. The van der Waals surface area contributed by atoms with E-state index in [-0.39, 0.29) is 11.6 Å². The molecule has 0 aromatic heterocycles. The fourth-order valence-electron chi connectivity index (χ4n) is 2.57. The lowest BCUT2D eigenvalue weighted by Gasteiger charge is -2.26. The van der Waals surface area contributed by atoms with Crippen molar-refractivity contribution in [1.29, 1.82) is 0 Å². The molecule has 2 rings (SSSR count). The number of methoxy groups -OCH3 is 1. The Morgan fingerprint density at radius 3 is 2.71 bits per heavy atom. The predicted octanol–water partition coefficient (Wildman–Crippen LogP) is 0.874. The highest BCUT2D eigenvalue weighted by atomic mass is 19.1. The summed E-state index contributed by atoms with van der Waals surface area (Å²) in [4.78, 5) is 6.57. The zero-order chi connectivity index (χ0) is 17.2. The molecule has 0 atom stereocenters. The minimum atomic E-state index is -0.331. The van der Waals surface area contributed by atoms with E-state index in [0.717, 1.165) is 50.9 Å². The monoisotopic (exact) mass is 338 g/mol. The molecule has 0 aliphatic carbocycles. The van der Waals surface area contributed by atoms with Crippen LogP contribution in [-0.2, 0) is 11.2 Å². The number of hydrogen-bond acceptors (Lipinski definition) is 4. The smallest absolute Gasteiger partial charge is 0.191 e. The summed E-state index contributed by atoms with van der Waals surface area (Å²) >= 11 is 0. The van der Waals surface area contributed by atoms with Gasteiger partial charge in [0.2, 0.25) is 0 Å². The van der Waals surface area contributed by atoms with Crippen molar-refractivity contribution in [3.63, 3.8) is 0 Å². The first-order chi connectivity index (χ1) is 11.7. The van der Waals surface area contributed by atoms with Crippen molar-refractivity contribution in [3.05, 3.63) is 29.6 Å². The fraction of sp³-hybridized carbons (Fsp3) is 0.588. The highest BCUT2D eigenvalue weighted by Gasteiger charge is 2.09. The van der Waals surface area contributed by atoms with Crippen LogP contribution in [-0.4, -0.2) is 71.0 Å². The van der Waals surface area contributed by atoms with Crippen LogP contribution < -0.4 is 15.4 Å². The van der Waals surface area contributed by atoms with Gasteiger partial charge in [0.15, 0.2) is 17.5 Å². The molecule has 0 unspecified atom stereocenters. The summed E-state index contributed by atoms with van der Waals surface area (Å²) in [6.07, 6.45) is 0.713. The molecule has 0 radical (unpaired) electrons. The number of nitrogens with zero attached hydrogens (tertiary/aromatic N) is 2. The van der Waals surface area contributed by atoms with Crippen molar-refractivity contribution >= 4 is 5.96 Å². The van der Waals surface area contributed by atoms with Gasteiger partial charge in [-0.25, -0.2) is 4.39 Å². The van der Waals surface area contributed by atoms with Gasteiger partial charge in [-0.15, -0.1) is 0 Å². The van der Waals surface area contributed by atoms with Crippen molar-refractivity contribution < 1.29 is 13.9 Å². The lowest BCUT2D eigenvalue weighted by molar-refractivity contribution is 0.0389. The van der Waals surface area contributed by atoms with Gasteiger partial charge in [-0.2, -0.15) is 0 Å². The Labute approximate surface area is 143 Å². The van der Waals surface area contributed by atoms with Gasteiger partial charge in [0, 0.05) is 39.8 Å². The largest absolute Gasteiger partial charge is 0.494 e. The highest BCUT2D eigenvalue weighted by Crippen LogP contribution is 2.17. The molecule has 1 aromatic carbocycles. The number of nitrogens with one attached hydrogen (secondary N) is 2. The molecule has 1 aromatic rings. The molecular formula is C17H27FN4O2. The second-order valence-electron chi connectivity index (χ2n) is 5.60. The van der Waals surface area contributed by atoms with Crippen LogP contribution in [0.4, 0.5) is 4.39 Å². The summed E-state index contributed by atoms with van der Waals surface area (Å²) in [5.74, 6) is 0.701. The molecular weight excluding hydrogens is 311 g/mol. The minimum Gasteiger partial charge on any atom is -0.494 e. The number of benzene rings is 1. The number of rotatable bonds is 7. The molecule has 1 fully saturated rings. The van der Waals surface area contributed by atoms with E-state index < -0.39 is 0 Å². The van der Waals surface area contributed by atoms with E-state index in [1.807, 2.05) is 6.07 Å². The van der Waals surface area contributed by atoms with Crippen LogP contribution in [0, 0.1) is 5.82 Å². The van der Waals surface area contributed by atoms with Crippen molar-refractivity contribution in [3.8, 4) is 5.75 Å². The molecule has 1 aliphatic heterocycles. The number of ether oxygens (including phenoxy) is 2. The third-order valence-electron chi connectivity index (χ3n) is 3.97. The van der Waals surface area contributed by atoms with Crippen LogP contribution in [0.2, 0.25) is 0 Å². The average Bonchev–Trinajstić information content (AvgIpc) is 2.61. The first kappa shape index (κ1) is 18.5. The van der Waals surface area contributed by atoms with E-state index in [1.165, 1.54) is 13.2 Å². The van der Waals surface area contributed by atoms with Gasteiger partial charge in [0.05, 0.1) is 20.3 Å². The van der Waals surface area contributed by atoms with Gasteiger partial charge in [-0.1, -0.05) is 6.07 Å². The van der Waals surface area contributed by atoms with E-state index in [9.17, 15) is 4.39 Å². The molecule has 7 heteroatoms.